The molecule has 5 aromatic rings. The highest BCUT2D eigenvalue weighted by Gasteiger charge is 2.25. The average Bonchev–Trinajstić information content (AvgIpc) is 3.16. The maximum atomic E-state index is 13.5. The summed E-state index contributed by atoms with van der Waals surface area (Å²) in [5.41, 5.74) is 5.75. The number of amides is 1. The van der Waals surface area contributed by atoms with Gasteiger partial charge in [-0.2, -0.15) is 0 Å². The molecule has 11 nitrogen and oxygen atoms in total. The summed E-state index contributed by atoms with van der Waals surface area (Å²) in [6.07, 6.45) is 1.24. The Morgan fingerprint density at radius 1 is 0.759 bits per heavy atom. The fraction of sp³-hybridized carbons (Fsp3) is 0.262. The maximum absolute atomic E-state index is 13.5. The lowest BCUT2D eigenvalue weighted by molar-refractivity contribution is -0.120. The van der Waals surface area contributed by atoms with Gasteiger partial charge in [0.2, 0.25) is 15.9 Å². The summed E-state index contributed by atoms with van der Waals surface area (Å²) in [5.74, 6) is 2.85. The van der Waals surface area contributed by atoms with Crippen molar-refractivity contribution in [3.63, 3.8) is 0 Å². The number of hydrogen-bond acceptors (Lipinski definition) is 9. The van der Waals surface area contributed by atoms with Gasteiger partial charge in [-0.3, -0.25) is 4.79 Å². The zero-order chi connectivity index (χ0) is 39.0. The van der Waals surface area contributed by atoms with E-state index in [0.29, 0.717) is 48.0 Å². The molecule has 0 aliphatic carbocycles. The molecule has 284 valence electrons. The van der Waals surface area contributed by atoms with Crippen molar-refractivity contribution in [2.75, 3.05) is 20.8 Å². The number of rotatable bonds is 16. The molecule has 0 spiro atoms. The van der Waals surface area contributed by atoms with E-state index in [9.17, 15) is 28.5 Å². The van der Waals surface area contributed by atoms with Crippen LogP contribution in [0, 0.1) is 20.8 Å². The number of methoxy groups -OCH3 is 1. The highest BCUT2D eigenvalue weighted by Crippen LogP contribution is 2.39. The third-order valence-electron chi connectivity index (χ3n) is 9.12. The SMILES string of the molecule is CNC(=O)CCc1cc(C)c(Oc2ccc(O)cc2)c(Cc2c(CC(CO)NS(=O)(=O)c3ccc(OC)cc3)cc(C)c(Oc3ccc(O)cc3)c2C)c1. The Labute approximate surface area is 316 Å². The quantitative estimate of drug-likeness (QED) is 0.0732. The van der Waals surface area contributed by atoms with Crippen LogP contribution < -0.4 is 24.2 Å². The number of aliphatic hydroxyl groups excluding tert-OH is 1. The van der Waals surface area contributed by atoms with Crippen LogP contribution in [0.15, 0.2) is 95.9 Å². The highest BCUT2D eigenvalue weighted by molar-refractivity contribution is 7.89. The Morgan fingerprint density at radius 2 is 1.31 bits per heavy atom. The molecule has 0 fully saturated rings. The van der Waals surface area contributed by atoms with Crippen LogP contribution in [-0.4, -0.2) is 56.5 Å². The van der Waals surface area contributed by atoms with Crippen molar-refractivity contribution < 1.29 is 42.7 Å². The molecule has 0 aliphatic heterocycles. The minimum atomic E-state index is -4.01. The Bertz CT molecular complexity index is 2190. The molecular weight excluding hydrogens is 709 g/mol. The number of aromatic hydroxyl groups is 2. The van der Waals surface area contributed by atoms with Crippen molar-refractivity contribution in [2.45, 2.75) is 57.4 Å². The molecule has 0 saturated heterocycles. The first-order valence-corrected chi connectivity index (χ1v) is 18.9. The van der Waals surface area contributed by atoms with Gasteiger partial charge in [-0.05, 0) is 145 Å². The number of nitrogens with one attached hydrogen (secondary N) is 2. The standard InChI is InChI=1S/C42H46N2O9S/c1-26-20-29(6-19-40(48)43-4)22-31(42(26)53-37-13-9-34(47)10-14-37)24-39-28(3)41(52-36-11-7-33(46)8-12-36)27(2)21-30(39)23-32(25-45)44-54(49,50)38-17-15-35(51-5)16-18-38/h7-18,20-22,32,44-47H,6,19,23-25H2,1-5H3,(H,43,48). The van der Waals surface area contributed by atoms with Gasteiger partial charge in [0.1, 0.15) is 40.2 Å². The van der Waals surface area contributed by atoms with Crippen LogP contribution in [0.5, 0.6) is 40.2 Å². The molecule has 54 heavy (non-hydrogen) atoms. The van der Waals surface area contributed by atoms with Crippen molar-refractivity contribution in [1.82, 2.24) is 10.0 Å². The van der Waals surface area contributed by atoms with Gasteiger partial charge in [-0.15, -0.1) is 0 Å². The van der Waals surface area contributed by atoms with Gasteiger partial charge in [0.25, 0.3) is 0 Å². The second-order valence-corrected chi connectivity index (χ2v) is 14.8. The van der Waals surface area contributed by atoms with Gasteiger partial charge in [0.15, 0.2) is 0 Å². The van der Waals surface area contributed by atoms with E-state index in [-0.39, 0.29) is 28.7 Å². The minimum Gasteiger partial charge on any atom is -0.508 e. The normalized spacial score (nSPS) is 11.9. The number of sulfonamides is 1. The number of hydrogen-bond donors (Lipinski definition) is 5. The van der Waals surface area contributed by atoms with E-state index in [0.717, 1.165) is 38.9 Å². The predicted octanol–water partition coefficient (Wildman–Crippen LogP) is 6.77. The largest absolute Gasteiger partial charge is 0.508 e. The summed E-state index contributed by atoms with van der Waals surface area (Å²) in [4.78, 5) is 12.2. The van der Waals surface area contributed by atoms with Crippen molar-refractivity contribution in [1.29, 1.82) is 0 Å². The second-order valence-electron chi connectivity index (χ2n) is 13.1. The summed E-state index contributed by atoms with van der Waals surface area (Å²) in [6, 6.07) is 23.9. The topological polar surface area (TPSA) is 164 Å². The molecule has 5 rings (SSSR count). The summed E-state index contributed by atoms with van der Waals surface area (Å²) in [5, 5.41) is 32.9. The van der Waals surface area contributed by atoms with E-state index in [1.54, 1.807) is 55.6 Å². The lowest BCUT2D eigenvalue weighted by Gasteiger charge is -2.24. The van der Waals surface area contributed by atoms with Crippen molar-refractivity contribution >= 4 is 15.9 Å². The zero-order valence-corrected chi connectivity index (χ0v) is 31.8. The molecule has 0 heterocycles. The smallest absolute Gasteiger partial charge is 0.240 e. The maximum Gasteiger partial charge on any atom is 0.240 e. The van der Waals surface area contributed by atoms with Crippen LogP contribution in [0.25, 0.3) is 0 Å². The van der Waals surface area contributed by atoms with E-state index in [1.807, 2.05) is 39.0 Å². The van der Waals surface area contributed by atoms with E-state index in [4.69, 9.17) is 14.2 Å². The molecule has 0 aliphatic rings. The first kappa shape index (κ1) is 39.6. The fourth-order valence-corrected chi connectivity index (χ4v) is 7.54. The fourth-order valence-electron chi connectivity index (χ4n) is 6.31. The lowest BCUT2D eigenvalue weighted by Crippen LogP contribution is -2.39. The molecule has 1 amide bonds. The first-order valence-electron chi connectivity index (χ1n) is 17.5. The third kappa shape index (κ3) is 9.90. The molecule has 0 radical (unpaired) electrons. The summed E-state index contributed by atoms with van der Waals surface area (Å²) >= 11 is 0. The van der Waals surface area contributed by atoms with Gasteiger partial charge in [-0.1, -0.05) is 18.2 Å². The van der Waals surface area contributed by atoms with Crippen molar-refractivity contribution in [2.24, 2.45) is 0 Å². The number of carbonyl (C=O) groups is 1. The molecule has 0 aromatic heterocycles. The van der Waals surface area contributed by atoms with Crippen LogP contribution in [0.4, 0.5) is 0 Å². The molecule has 0 saturated carbocycles. The Morgan fingerprint density at radius 3 is 1.87 bits per heavy atom. The summed E-state index contributed by atoms with van der Waals surface area (Å²) in [6.45, 7) is 5.29. The molecule has 5 N–H and O–H groups in total. The van der Waals surface area contributed by atoms with Crippen molar-refractivity contribution in [3.8, 4) is 40.2 Å². The Kier molecular flexibility index (Phi) is 12.9. The number of phenols is 2. The van der Waals surface area contributed by atoms with Gasteiger partial charge >= 0.3 is 0 Å². The molecule has 0 bridgehead atoms. The summed E-state index contributed by atoms with van der Waals surface area (Å²) < 4.78 is 47.6. The first-order chi connectivity index (χ1) is 25.8. The van der Waals surface area contributed by atoms with Gasteiger partial charge < -0.3 is 34.8 Å². The van der Waals surface area contributed by atoms with Crippen molar-refractivity contribution in [3.05, 3.63) is 130 Å². The number of aryl methyl sites for hydroxylation is 3. The number of ether oxygens (including phenoxy) is 3. The van der Waals surface area contributed by atoms with Gasteiger partial charge in [-0.25, -0.2) is 13.1 Å². The monoisotopic (exact) mass is 754 g/mol. The summed E-state index contributed by atoms with van der Waals surface area (Å²) in [7, 11) is -0.915. The number of aliphatic hydroxyl groups is 1. The number of phenolic OH excluding ortho intramolecular Hbond substituents is 2. The second kappa shape index (κ2) is 17.5. The van der Waals surface area contributed by atoms with Crippen LogP contribution in [0.1, 0.15) is 45.4 Å². The molecule has 12 heteroatoms. The third-order valence-corrected chi connectivity index (χ3v) is 10.7. The average molecular weight is 755 g/mol. The van der Waals surface area contributed by atoms with Gasteiger partial charge in [0, 0.05) is 25.9 Å². The molecular formula is C42H46N2O9S. The van der Waals surface area contributed by atoms with Crippen LogP contribution >= 0.6 is 0 Å². The molecule has 5 aromatic carbocycles. The van der Waals surface area contributed by atoms with Crippen LogP contribution in [0.2, 0.25) is 0 Å². The van der Waals surface area contributed by atoms with E-state index < -0.39 is 22.7 Å². The Balaban J connectivity index is 1.60. The van der Waals surface area contributed by atoms with Gasteiger partial charge in [0.05, 0.1) is 18.6 Å². The van der Waals surface area contributed by atoms with E-state index in [2.05, 4.69) is 10.0 Å². The lowest BCUT2D eigenvalue weighted by atomic mass is 9.88. The zero-order valence-electron chi connectivity index (χ0n) is 31.0. The van der Waals surface area contributed by atoms with Crippen LogP contribution in [0.3, 0.4) is 0 Å². The Hall–Kier alpha value is -5.56. The van der Waals surface area contributed by atoms with Crippen LogP contribution in [-0.2, 0) is 34.1 Å². The molecule has 1 unspecified atom stereocenters. The van der Waals surface area contributed by atoms with E-state index >= 15 is 0 Å². The van der Waals surface area contributed by atoms with E-state index in [1.165, 1.54) is 31.4 Å². The highest BCUT2D eigenvalue weighted by atomic mass is 32.2. The number of benzene rings is 5. The minimum absolute atomic E-state index is 0.0343. The number of carbonyl (C=O) groups excluding carboxylic acids is 1. The predicted molar refractivity (Wildman–Crippen MR) is 207 cm³/mol. The molecule has 1 atom stereocenters.